The first kappa shape index (κ1) is 31.0. The van der Waals surface area contributed by atoms with Crippen molar-refractivity contribution in [1.29, 1.82) is 0 Å². The Labute approximate surface area is 252 Å². The van der Waals surface area contributed by atoms with Crippen molar-refractivity contribution in [3.8, 4) is 0 Å². The third-order valence-corrected chi connectivity index (χ3v) is 6.88. The van der Waals surface area contributed by atoms with Crippen LogP contribution in [0.1, 0.15) is 35.5 Å². The number of carbonyl (C=O) groups is 4. The maximum Gasteiger partial charge on any atom is 0.319 e. The zero-order valence-electron chi connectivity index (χ0n) is 23.6. The van der Waals surface area contributed by atoms with Gasteiger partial charge in [0, 0.05) is 35.8 Å². The van der Waals surface area contributed by atoms with Crippen molar-refractivity contribution in [2.75, 3.05) is 11.9 Å². The van der Waals surface area contributed by atoms with Crippen LogP contribution in [-0.2, 0) is 29.2 Å². The summed E-state index contributed by atoms with van der Waals surface area (Å²) >= 11 is 5.80. The fourth-order valence-corrected chi connectivity index (χ4v) is 4.57. The van der Waals surface area contributed by atoms with Crippen LogP contribution in [0.25, 0.3) is 10.9 Å². The van der Waals surface area contributed by atoms with Crippen molar-refractivity contribution in [3.05, 3.63) is 94.4 Å². The molecule has 0 saturated carbocycles. The predicted octanol–water partition coefficient (Wildman–Crippen LogP) is 3.80. The van der Waals surface area contributed by atoms with E-state index in [9.17, 15) is 23.6 Å². The van der Waals surface area contributed by atoms with Gasteiger partial charge in [-0.05, 0) is 43.7 Å². The molecule has 0 aliphatic carbocycles. The number of primary amides is 1. The van der Waals surface area contributed by atoms with Gasteiger partial charge < -0.3 is 26.6 Å². The first-order valence-corrected chi connectivity index (χ1v) is 13.8. The van der Waals surface area contributed by atoms with Crippen LogP contribution in [0.3, 0.4) is 0 Å². The first-order chi connectivity index (χ1) is 20.5. The molecular weight excluding hydrogens is 577 g/mol. The van der Waals surface area contributed by atoms with Crippen molar-refractivity contribution in [1.82, 2.24) is 25.3 Å². The number of nitrogens with two attached hydrogens (primary N) is 1. The lowest BCUT2D eigenvalue weighted by molar-refractivity contribution is -0.138. The maximum atomic E-state index is 14.2. The zero-order chi connectivity index (χ0) is 31.1. The number of aromatic nitrogens is 2. The number of fused-ring (bicyclic) bond motifs is 1. The molecule has 3 aromatic carbocycles. The molecule has 0 unspecified atom stereocenters. The second-order valence-electron chi connectivity index (χ2n) is 10.0. The van der Waals surface area contributed by atoms with Crippen molar-refractivity contribution in [3.63, 3.8) is 0 Å². The molecule has 0 atom stereocenters. The highest BCUT2D eigenvalue weighted by Gasteiger charge is 2.24. The number of benzene rings is 3. The molecule has 5 amide bonds. The molecule has 1 heterocycles. The highest BCUT2D eigenvalue weighted by Crippen LogP contribution is 2.23. The summed E-state index contributed by atoms with van der Waals surface area (Å²) in [6.07, 6.45) is 0. The van der Waals surface area contributed by atoms with Gasteiger partial charge in [0.25, 0.3) is 5.91 Å². The Morgan fingerprint density at radius 1 is 1.00 bits per heavy atom. The van der Waals surface area contributed by atoms with Gasteiger partial charge in [-0.15, -0.1) is 0 Å². The van der Waals surface area contributed by atoms with E-state index in [4.69, 9.17) is 17.3 Å². The highest BCUT2D eigenvalue weighted by atomic mass is 35.5. The average molecular weight is 608 g/mol. The van der Waals surface area contributed by atoms with Crippen LogP contribution in [0.15, 0.2) is 66.7 Å². The van der Waals surface area contributed by atoms with E-state index in [1.54, 1.807) is 38.1 Å². The molecule has 0 bridgehead atoms. The SMILES string of the molecule is CC(C)N(CC(=O)NCc1cccc(Cl)c1F)C(=O)Cn1nc(C(N)=O)c2cc(NC(=O)NCc3ccccc3)ccc21. The Bertz CT molecular complexity index is 1660. The van der Waals surface area contributed by atoms with E-state index >= 15 is 0 Å². The molecule has 11 nitrogen and oxygen atoms in total. The third kappa shape index (κ3) is 7.86. The van der Waals surface area contributed by atoms with Crippen molar-refractivity contribution >= 4 is 51.9 Å². The molecule has 1 aromatic heterocycles. The minimum absolute atomic E-state index is 0.0539. The van der Waals surface area contributed by atoms with Gasteiger partial charge >= 0.3 is 6.03 Å². The number of hydrogen-bond acceptors (Lipinski definition) is 5. The molecule has 4 rings (SSSR count). The topological polar surface area (TPSA) is 151 Å². The van der Waals surface area contributed by atoms with Crippen molar-refractivity contribution in [2.45, 2.75) is 39.5 Å². The number of carbonyl (C=O) groups excluding carboxylic acids is 4. The fourth-order valence-electron chi connectivity index (χ4n) is 4.38. The third-order valence-electron chi connectivity index (χ3n) is 6.59. The zero-order valence-corrected chi connectivity index (χ0v) is 24.3. The lowest BCUT2D eigenvalue weighted by atomic mass is 10.2. The quantitative estimate of drug-likeness (QED) is 0.204. The smallest absolute Gasteiger partial charge is 0.319 e. The monoisotopic (exact) mass is 607 g/mol. The molecule has 0 spiro atoms. The highest BCUT2D eigenvalue weighted by molar-refractivity contribution is 6.30. The number of nitrogens with zero attached hydrogens (tertiary/aromatic N) is 3. The van der Waals surface area contributed by atoms with E-state index < -0.39 is 29.6 Å². The number of nitrogens with one attached hydrogen (secondary N) is 3. The molecule has 224 valence electrons. The summed E-state index contributed by atoms with van der Waals surface area (Å²) in [7, 11) is 0. The molecule has 5 N–H and O–H groups in total. The van der Waals surface area contributed by atoms with Crippen LogP contribution in [0.2, 0.25) is 5.02 Å². The summed E-state index contributed by atoms with van der Waals surface area (Å²) in [5.41, 5.74) is 7.46. The van der Waals surface area contributed by atoms with E-state index in [0.717, 1.165) is 5.56 Å². The lowest BCUT2D eigenvalue weighted by Crippen LogP contribution is -2.45. The normalized spacial score (nSPS) is 10.9. The Morgan fingerprint density at radius 2 is 1.74 bits per heavy atom. The van der Waals surface area contributed by atoms with Crippen LogP contribution < -0.4 is 21.7 Å². The summed E-state index contributed by atoms with van der Waals surface area (Å²) in [4.78, 5) is 51.9. The van der Waals surface area contributed by atoms with Gasteiger partial charge in [-0.2, -0.15) is 5.10 Å². The molecule has 0 aliphatic heterocycles. The summed E-state index contributed by atoms with van der Waals surface area (Å²) in [5.74, 6) is -2.37. The number of amides is 5. The molecule has 0 saturated heterocycles. The second-order valence-corrected chi connectivity index (χ2v) is 10.4. The second kappa shape index (κ2) is 13.8. The average Bonchev–Trinajstić information content (AvgIpc) is 3.33. The molecule has 43 heavy (non-hydrogen) atoms. The Morgan fingerprint density at radius 3 is 2.44 bits per heavy atom. The van der Waals surface area contributed by atoms with E-state index in [1.807, 2.05) is 30.3 Å². The molecular formula is C30H31ClFN7O4. The minimum atomic E-state index is -0.810. The van der Waals surface area contributed by atoms with Gasteiger partial charge in [-0.3, -0.25) is 19.1 Å². The van der Waals surface area contributed by atoms with Gasteiger partial charge in [0.15, 0.2) is 5.69 Å². The molecule has 4 aromatic rings. The van der Waals surface area contributed by atoms with Crippen LogP contribution in [-0.4, -0.2) is 51.0 Å². The van der Waals surface area contributed by atoms with Crippen LogP contribution in [0.5, 0.6) is 0 Å². The number of halogens is 2. The lowest BCUT2D eigenvalue weighted by Gasteiger charge is -2.26. The van der Waals surface area contributed by atoms with Crippen molar-refractivity contribution < 1.29 is 23.6 Å². The Hall–Kier alpha value is -4.97. The number of anilines is 1. The first-order valence-electron chi connectivity index (χ1n) is 13.4. The van der Waals surface area contributed by atoms with Crippen LogP contribution in [0, 0.1) is 5.82 Å². The largest absolute Gasteiger partial charge is 0.364 e. The standard InChI is InChI=1S/C30H31ClFN7O4/c1-18(2)38(16-25(40)34-15-20-9-6-10-23(31)27(20)32)26(41)17-39-24-12-11-21(13-22(24)28(37-39)29(33)42)36-30(43)35-14-19-7-4-3-5-8-19/h3-13,18H,14-17H2,1-2H3,(H2,33,42)(H,34,40)(H2,35,36,43). The fraction of sp³-hybridized carbons (Fsp3) is 0.233. The Balaban J connectivity index is 1.44. The Kier molecular flexibility index (Phi) is 9.94. The number of hydrogen-bond donors (Lipinski definition) is 4. The van der Waals surface area contributed by atoms with Gasteiger partial charge in [0.2, 0.25) is 11.8 Å². The summed E-state index contributed by atoms with van der Waals surface area (Å²) in [5, 5.41) is 12.6. The van der Waals surface area contributed by atoms with Crippen LogP contribution in [0.4, 0.5) is 14.9 Å². The maximum absolute atomic E-state index is 14.2. The van der Waals surface area contributed by atoms with Crippen LogP contribution >= 0.6 is 11.6 Å². The molecule has 0 aliphatic rings. The van der Waals surface area contributed by atoms with E-state index in [1.165, 1.54) is 21.7 Å². The van der Waals surface area contributed by atoms with E-state index in [-0.39, 0.29) is 42.0 Å². The van der Waals surface area contributed by atoms with Gasteiger partial charge in [-0.1, -0.05) is 54.1 Å². The molecule has 0 radical (unpaired) electrons. The molecule has 0 fully saturated rings. The summed E-state index contributed by atoms with van der Waals surface area (Å²) in [6.45, 7) is 3.15. The minimum Gasteiger partial charge on any atom is -0.364 e. The summed E-state index contributed by atoms with van der Waals surface area (Å²) in [6, 6.07) is 17.8. The molecule has 13 heteroatoms. The number of rotatable bonds is 11. The number of urea groups is 1. The van der Waals surface area contributed by atoms with Gasteiger partial charge in [0.1, 0.15) is 12.4 Å². The van der Waals surface area contributed by atoms with E-state index in [2.05, 4.69) is 21.0 Å². The van der Waals surface area contributed by atoms with Gasteiger partial charge in [0.05, 0.1) is 17.1 Å². The van der Waals surface area contributed by atoms with Gasteiger partial charge in [-0.25, -0.2) is 9.18 Å². The predicted molar refractivity (Wildman–Crippen MR) is 161 cm³/mol. The summed E-state index contributed by atoms with van der Waals surface area (Å²) < 4.78 is 15.5. The van der Waals surface area contributed by atoms with Crippen molar-refractivity contribution in [2.24, 2.45) is 5.73 Å². The van der Waals surface area contributed by atoms with E-state index in [0.29, 0.717) is 23.1 Å².